The molecule has 0 spiro atoms. The first-order valence-electron chi connectivity index (χ1n) is 10.5. The van der Waals surface area contributed by atoms with Crippen LogP contribution in [0.2, 0.25) is 0 Å². The lowest BCUT2D eigenvalue weighted by Gasteiger charge is -2.12. The van der Waals surface area contributed by atoms with E-state index in [1.807, 2.05) is 32.2 Å². The fourth-order valence-corrected chi connectivity index (χ4v) is 4.63. The predicted molar refractivity (Wildman–Crippen MR) is 124 cm³/mol. The molecule has 32 heavy (non-hydrogen) atoms. The number of hydrogen-bond acceptors (Lipinski definition) is 3. The van der Waals surface area contributed by atoms with Crippen molar-refractivity contribution in [3.8, 4) is 5.69 Å². The van der Waals surface area contributed by atoms with Crippen LogP contribution >= 0.6 is 11.8 Å². The van der Waals surface area contributed by atoms with Crippen molar-refractivity contribution in [1.82, 2.24) is 9.78 Å². The van der Waals surface area contributed by atoms with E-state index in [0.717, 1.165) is 45.6 Å². The quantitative estimate of drug-likeness (QED) is 0.371. The van der Waals surface area contributed by atoms with Crippen LogP contribution in [0.1, 0.15) is 54.1 Å². The normalized spacial score (nSPS) is 12.7. The van der Waals surface area contributed by atoms with E-state index in [2.05, 4.69) is 18.1 Å². The highest BCUT2D eigenvalue weighted by molar-refractivity contribution is 7.99. The lowest BCUT2D eigenvalue weighted by Crippen LogP contribution is -2.07. The number of halogens is 2. The number of aryl methyl sites for hydroxylation is 3. The summed E-state index contributed by atoms with van der Waals surface area (Å²) in [4.78, 5) is 11.9. The molecule has 0 amide bonds. The minimum absolute atomic E-state index is 0.0145. The van der Waals surface area contributed by atoms with Gasteiger partial charge in [0.25, 0.3) is 5.92 Å². The number of aliphatic carboxylic acids is 1. The number of hydrogen-bond donors (Lipinski definition) is 1. The van der Waals surface area contributed by atoms with Crippen LogP contribution in [0.5, 0.6) is 0 Å². The number of alkyl halides is 2. The first-order valence-corrected chi connectivity index (χ1v) is 11.5. The van der Waals surface area contributed by atoms with Crippen LogP contribution in [0.15, 0.2) is 53.6 Å². The summed E-state index contributed by atoms with van der Waals surface area (Å²) in [5.74, 6) is -2.53. The molecule has 0 fully saturated rings. The van der Waals surface area contributed by atoms with Gasteiger partial charge in [-0.1, -0.05) is 25.1 Å². The first-order chi connectivity index (χ1) is 15.0. The average Bonchev–Trinajstić information content (AvgIpc) is 3.12. The maximum Gasteiger partial charge on any atom is 0.303 e. The number of aromatic nitrogens is 2. The van der Waals surface area contributed by atoms with Gasteiger partial charge in [-0.15, -0.1) is 11.8 Å². The van der Waals surface area contributed by atoms with Crippen molar-refractivity contribution in [2.75, 3.05) is 5.75 Å². The molecule has 1 unspecified atom stereocenters. The molecule has 3 rings (SSSR count). The first kappa shape index (κ1) is 24.0. The molecule has 0 saturated heterocycles. The molecule has 170 valence electrons. The zero-order valence-electron chi connectivity index (χ0n) is 18.7. The molecule has 4 nitrogen and oxygen atoms in total. The zero-order valence-corrected chi connectivity index (χ0v) is 19.5. The van der Waals surface area contributed by atoms with E-state index in [1.54, 1.807) is 28.6 Å². The third kappa shape index (κ3) is 5.97. The van der Waals surface area contributed by atoms with Crippen LogP contribution in [0.25, 0.3) is 5.69 Å². The highest BCUT2D eigenvalue weighted by atomic mass is 32.2. The van der Waals surface area contributed by atoms with Crippen LogP contribution in [-0.4, -0.2) is 26.6 Å². The fourth-order valence-electron chi connectivity index (χ4n) is 3.59. The van der Waals surface area contributed by atoms with Gasteiger partial charge in [-0.3, -0.25) is 4.79 Å². The second kappa shape index (κ2) is 9.86. The number of benzene rings is 2. The minimum Gasteiger partial charge on any atom is -0.481 e. The van der Waals surface area contributed by atoms with E-state index < -0.39 is 11.9 Å². The van der Waals surface area contributed by atoms with E-state index in [9.17, 15) is 13.6 Å². The molecule has 0 saturated carbocycles. The molecule has 2 aromatic carbocycles. The second-order valence-corrected chi connectivity index (χ2v) is 9.34. The fraction of sp³-hybridized carbons (Fsp3) is 0.360. The number of carboxylic acid groups (broad SMARTS) is 1. The molecule has 3 aromatic rings. The summed E-state index contributed by atoms with van der Waals surface area (Å²) in [5.41, 5.74) is 4.95. The lowest BCUT2D eigenvalue weighted by atomic mass is 10.0. The Bertz CT molecular complexity index is 1090. The second-order valence-electron chi connectivity index (χ2n) is 8.24. The molecule has 1 heterocycles. The molecule has 0 bridgehead atoms. The maximum atomic E-state index is 13.5. The number of thioether (sulfide) groups is 1. The van der Waals surface area contributed by atoms with Gasteiger partial charge in [0.05, 0.1) is 11.4 Å². The Morgan fingerprint density at radius 1 is 1.19 bits per heavy atom. The summed E-state index contributed by atoms with van der Waals surface area (Å²) < 4.78 is 28.7. The van der Waals surface area contributed by atoms with E-state index in [-0.39, 0.29) is 17.9 Å². The third-order valence-corrected chi connectivity index (χ3v) is 6.78. The van der Waals surface area contributed by atoms with Gasteiger partial charge in [-0.25, -0.2) is 13.5 Å². The smallest absolute Gasteiger partial charge is 0.303 e. The molecule has 1 aromatic heterocycles. The Balaban J connectivity index is 1.66. The van der Waals surface area contributed by atoms with E-state index >= 15 is 0 Å². The average molecular weight is 459 g/mol. The van der Waals surface area contributed by atoms with Crippen molar-refractivity contribution < 1.29 is 18.7 Å². The van der Waals surface area contributed by atoms with Crippen molar-refractivity contribution in [2.45, 2.75) is 57.3 Å². The largest absolute Gasteiger partial charge is 0.481 e. The zero-order chi connectivity index (χ0) is 23.5. The number of carbonyl (C=O) groups is 1. The van der Waals surface area contributed by atoms with Gasteiger partial charge < -0.3 is 5.11 Å². The standard InChI is InChI=1S/C25H28F2N2O2S/c1-16-13-22(11-5-19(16)6-12-24(30)31)32-15-17(2)23-14-29(28-18(23)3)21-9-7-20(8-10-21)25(4,26)27/h5,7-11,13-14,17H,6,12,15H2,1-4H3,(H,30,31). The predicted octanol–water partition coefficient (Wildman–Crippen LogP) is 6.51. The highest BCUT2D eigenvalue weighted by Gasteiger charge is 2.24. The Kier molecular flexibility index (Phi) is 7.39. The van der Waals surface area contributed by atoms with Gasteiger partial charge in [0.15, 0.2) is 0 Å². The highest BCUT2D eigenvalue weighted by Crippen LogP contribution is 2.30. The van der Waals surface area contributed by atoms with Gasteiger partial charge >= 0.3 is 5.97 Å². The lowest BCUT2D eigenvalue weighted by molar-refractivity contribution is -0.136. The number of carboxylic acids is 1. The van der Waals surface area contributed by atoms with Gasteiger partial charge in [-0.2, -0.15) is 5.10 Å². The molecule has 0 aliphatic rings. The molecule has 0 aliphatic heterocycles. The van der Waals surface area contributed by atoms with E-state index in [1.165, 1.54) is 12.1 Å². The van der Waals surface area contributed by atoms with Crippen molar-refractivity contribution in [1.29, 1.82) is 0 Å². The van der Waals surface area contributed by atoms with E-state index in [0.29, 0.717) is 6.42 Å². The Labute approximate surface area is 191 Å². The number of rotatable bonds is 9. The van der Waals surface area contributed by atoms with Crippen LogP contribution in [-0.2, 0) is 17.1 Å². The number of nitrogens with zero attached hydrogens (tertiary/aromatic N) is 2. The molecular weight excluding hydrogens is 430 g/mol. The van der Waals surface area contributed by atoms with Gasteiger partial charge in [-0.05, 0) is 67.1 Å². The van der Waals surface area contributed by atoms with Crippen LogP contribution < -0.4 is 0 Å². The van der Waals surface area contributed by atoms with E-state index in [4.69, 9.17) is 5.11 Å². The van der Waals surface area contributed by atoms with Crippen molar-refractivity contribution in [3.63, 3.8) is 0 Å². The summed E-state index contributed by atoms with van der Waals surface area (Å²) in [5, 5.41) is 13.5. The SMILES string of the molecule is Cc1cc(SCC(C)c2cn(-c3ccc(C(C)(F)F)cc3)nc2C)ccc1CCC(=O)O. The third-order valence-electron chi connectivity index (χ3n) is 5.53. The van der Waals surface area contributed by atoms with Crippen molar-refractivity contribution in [3.05, 3.63) is 76.6 Å². The summed E-state index contributed by atoms with van der Waals surface area (Å²) in [6, 6.07) is 12.4. The molecule has 1 atom stereocenters. The molecule has 0 aliphatic carbocycles. The van der Waals surface area contributed by atoms with Crippen LogP contribution in [0.3, 0.4) is 0 Å². The summed E-state index contributed by atoms with van der Waals surface area (Å²) >= 11 is 1.75. The summed E-state index contributed by atoms with van der Waals surface area (Å²) in [7, 11) is 0. The van der Waals surface area contributed by atoms with Crippen LogP contribution in [0, 0.1) is 13.8 Å². The Morgan fingerprint density at radius 2 is 1.88 bits per heavy atom. The monoisotopic (exact) mass is 458 g/mol. The minimum atomic E-state index is -2.86. The molecular formula is C25H28F2N2O2S. The molecule has 1 N–H and O–H groups in total. The Hall–Kier alpha value is -2.67. The van der Waals surface area contributed by atoms with Crippen molar-refractivity contribution >= 4 is 17.7 Å². The molecule has 7 heteroatoms. The molecule has 0 radical (unpaired) electrons. The van der Waals surface area contributed by atoms with Gasteiger partial charge in [0.1, 0.15) is 0 Å². The Morgan fingerprint density at radius 3 is 2.47 bits per heavy atom. The van der Waals surface area contributed by atoms with Crippen molar-refractivity contribution in [2.24, 2.45) is 0 Å². The van der Waals surface area contributed by atoms with Gasteiger partial charge in [0, 0.05) is 35.8 Å². The van der Waals surface area contributed by atoms with Gasteiger partial charge in [0.2, 0.25) is 0 Å². The summed E-state index contributed by atoms with van der Waals surface area (Å²) in [6.45, 7) is 7.01. The van der Waals surface area contributed by atoms with Crippen LogP contribution in [0.4, 0.5) is 8.78 Å². The topological polar surface area (TPSA) is 55.1 Å². The maximum absolute atomic E-state index is 13.5. The summed E-state index contributed by atoms with van der Waals surface area (Å²) in [6.07, 6.45) is 2.65.